The van der Waals surface area contributed by atoms with Crippen LogP contribution in [-0.2, 0) is 4.79 Å². The summed E-state index contributed by atoms with van der Waals surface area (Å²) in [7, 11) is 0. The number of hydrogen-bond acceptors (Lipinski definition) is 4. The maximum Gasteiger partial charge on any atom is 0.220 e. The quantitative estimate of drug-likeness (QED) is 0.627. The van der Waals surface area contributed by atoms with Gasteiger partial charge in [0.05, 0.1) is 18.1 Å². The summed E-state index contributed by atoms with van der Waals surface area (Å²) in [5.41, 5.74) is 4.78. The standard InChI is InChI=1S/C11H12FNO4/c12-8-3-6(1-2-7(8)5-14)11(17)9(15)4-10(13)16/h1-3,5,9,11,15,17H,4H2,(H2,13,16). The molecule has 1 aromatic carbocycles. The summed E-state index contributed by atoms with van der Waals surface area (Å²) >= 11 is 0. The van der Waals surface area contributed by atoms with Crippen LogP contribution in [0.15, 0.2) is 18.2 Å². The second kappa shape index (κ2) is 5.51. The van der Waals surface area contributed by atoms with E-state index in [9.17, 15) is 24.2 Å². The number of halogens is 1. The van der Waals surface area contributed by atoms with Crippen molar-refractivity contribution < 1.29 is 24.2 Å². The highest BCUT2D eigenvalue weighted by molar-refractivity contribution is 5.75. The molecule has 1 amide bonds. The van der Waals surface area contributed by atoms with Gasteiger partial charge >= 0.3 is 0 Å². The van der Waals surface area contributed by atoms with Gasteiger partial charge in [-0.3, -0.25) is 9.59 Å². The zero-order chi connectivity index (χ0) is 13.0. The van der Waals surface area contributed by atoms with E-state index in [2.05, 4.69) is 0 Å². The van der Waals surface area contributed by atoms with Gasteiger partial charge in [-0.25, -0.2) is 4.39 Å². The van der Waals surface area contributed by atoms with Gasteiger partial charge in [-0.2, -0.15) is 0 Å². The number of aliphatic hydroxyl groups excluding tert-OH is 2. The van der Waals surface area contributed by atoms with Gasteiger partial charge in [-0.05, 0) is 17.7 Å². The van der Waals surface area contributed by atoms with E-state index in [0.717, 1.165) is 6.07 Å². The number of aldehydes is 1. The zero-order valence-electron chi connectivity index (χ0n) is 8.84. The first-order valence-corrected chi connectivity index (χ1v) is 4.84. The molecule has 1 rings (SSSR count). The van der Waals surface area contributed by atoms with E-state index in [4.69, 9.17) is 5.73 Å². The Morgan fingerprint density at radius 3 is 2.59 bits per heavy atom. The summed E-state index contributed by atoms with van der Waals surface area (Å²) in [6.07, 6.45) is -2.93. The van der Waals surface area contributed by atoms with E-state index in [1.165, 1.54) is 12.1 Å². The molecule has 2 unspecified atom stereocenters. The molecular weight excluding hydrogens is 229 g/mol. The number of benzene rings is 1. The first-order valence-electron chi connectivity index (χ1n) is 4.84. The summed E-state index contributed by atoms with van der Waals surface area (Å²) in [6, 6.07) is 3.40. The average Bonchev–Trinajstić information content (AvgIpc) is 2.27. The van der Waals surface area contributed by atoms with Crippen molar-refractivity contribution in [3.63, 3.8) is 0 Å². The third kappa shape index (κ3) is 3.33. The van der Waals surface area contributed by atoms with E-state index in [1.54, 1.807) is 0 Å². The van der Waals surface area contributed by atoms with Crippen LogP contribution in [0.1, 0.15) is 28.4 Å². The van der Waals surface area contributed by atoms with Crippen molar-refractivity contribution in [3.05, 3.63) is 35.1 Å². The number of carbonyl (C=O) groups is 2. The Morgan fingerprint density at radius 2 is 2.12 bits per heavy atom. The monoisotopic (exact) mass is 241 g/mol. The Bertz CT molecular complexity index is 435. The average molecular weight is 241 g/mol. The molecule has 0 bridgehead atoms. The number of rotatable bonds is 5. The number of amides is 1. The van der Waals surface area contributed by atoms with Crippen LogP contribution in [0.3, 0.4) is 0 Å². The molecule has 0 aliphatic rings. The van der Waals surface area contributed by atoms with Crippen LogP contribution >= 0.6 is 0 Å². The summed E-state index contributed by atoms with van der Waals surface area (Å²) in [5.74, 6) is -1.58. The van der Waals surface area contributed by atoms with Crippen LogP contribution in [-0.4, -0.2) is 28.5 Å². The molecule has 0 aliphatic heterocycles. The number of hydrogen-bond donors (Lipinski definition) is 3. The van der Waals surface area contributed by atoms with Crippen molar-refractivity contribution in [1.29, 1.82) is 0 Å². The molecule has 5 nitrogen and oxygen atoms in total. The molecule has 0 aliphatic carbocycles. The van der Waals surface area contributed by atoms with Crippen molar-refractivity contribution in [2.24, 2.45) is 5.73 Å². The molecule has 0 fully saturated rings. The maximum atomic E-state index is 13.2. The molecule has 0 saturated carbocycles. The van der Waals surface area contributed by atoms with Gasteiger partial charge in [0.1, 0.15) is 11.9 Å². The highest BCUT2D eigenvalue weighted by Crippen LogP contribution is 2.20. The fraction of sp³-hybridized carbons (Fsp3) is 0.273. The Kier molecular flexibility index (Phi) is 4.30. The molecule has 0 saturated heterocycles. The van der Waals surface area contributed by atoms with Crippen molar-refractivity contribution in [3.8, 4) is 0 Å². The van der Waals surface area contributed by atoms with Gasteiger partial charge in [0, 0.05) is 0 Å². The van der Waals surface area contributed by atoms with E-state index >= 15 is 0 Å². The van der Waals surface area contributed by atoms with Crippen molar-refractivity contribution in [2.45, 2.75) is 18.6 Å². The van der Waals surface area contributed by atoms with E-state index in [-0.39, 0.29) is 11.1 Å². The summed E-state index contributed by atoms with van der Waals surface area (Å²) in [4.78, 5) is 20.9. The first-order chi connectivity index (χ1) is 7.95. The topological polar surface area (TPSA) is 101 Å². The lowest BCUT2D eigenvalue weighted by molar-refractivity contribution is -0.121. The third-order valence-corrected chi connectivity index (χ3v) is 2.27. The van der Waals surface area contributed by atoms with Crippen molar-refractivity contribution >= 4 is 12.2 Å². The minimum absolute atomic E-state index is 0.0712. The predicted octanol–water partition coefficient (Wildman–Crippen LogP) is -0.0921. The largest absolute Gasteiger partial charge is 0.390 e. The highest BCUT2D eigenvalue weighted by Gasteiger charge is 2.21. The van der Waals surface area contributed by atoms with Crippen LogP contribution in [0.25, 0.3) is 0 Å². The third-order valence-electron chi connectivity index (χ3n) is 2.27. The van der Waals surface area contributed by atoms with Gasteiger partial charge in [-0.1, -0.05) is 6.07 Å². The number of aliphatic hydroxyl groups is 2. The minimum atomic E-state index is -1.43. The zero-order valence-corrected chi connectivity index (χ0v) is 8.84. The van der Waals surface area contributed by atoms with E-state index in [1.807, 2.05) is 0 Å². The highest BCUT2D eigenvalue weighted by atomic mass is 19.1. The molecule has 17 heavy (non-hydrogen) atoms. The Morgan fingerprint density at radius 1 is 1.47 bits per heavy atom. The smallest absolute Gasteiger partial charge is 0.220 e. The van der Waals surface area contributed by atoms with Gasteiger partial charge in [-0.15, -0.1) is 0 Å². The van der Waals surface area contributed by atoms with E-state index < -0.39 is 30.4 Å². The lowest BCUT2D eigenvalue weighted by atomic mass is 10.0. The normalized spacial score (nSPS) is 14.1. The van der Waals surface area contributed by atoms with Crippen LogP contribution < -0.4 is 5.73 Å². The molecule has 1 aromatic rings. The van der Waals surface area contributed by atoms with Crippen molar-refractivity contribution in [2.75, 3.05) is 0 Å². The molecule has 6 heteroatoms. The fourth-order valence-corrected chi connectivity index (χ4v) is 1.36. The maximum absolute atomic E-state index is 13.2. The minimum Gasteiger partial charge on any atom is -0.390 e. The molecule has 92 valence electrons. The second-order valence-electron chi connectivity index (χ2n) is 3.58. The predicted molar refractivity (Wildman–Crippen MR) is 56.6 cm³/mol. The Labute approximate surface area is 96.7 Å². The summed E-state index contributed by atoms with van der Waals surface area (Å²) in [6.45, 7) is 0. The summed E-state index contributed by atoms with van der Waals surface area (Å²) in [5, 5.41) is 19.0. The van der Waals surface area contributed by atoms with Gasteiger partial charge in [0.2, 0.25) is 5.91 Å². The molecular formula is C11H12FNO4. The number of nitrogens with two attached hydrogens (primary N) is 1. The SMILES string of the molecule is NC(=O)CC(O)C(O)c1ccc(C=O)c(F)c1. The lowest BCUT2D eigenvalue weighted by Crippen LogP contribution is -2.25. The molecule has 2 atom stereocenters. The summed E-state index contributed by atoms with van der Waals surface area (Å²) < 4.78 is 13.2. The Balaban J connectivity index is 2.89. The molecule has 4 N–H and O–H groups in total. The van der Waals surface area contributed by atoms with Gasteiger partial charge in [0.25, 0.3) is 0 Å². The van der Waals surface area contributed by atoms with Gasteiger partial charge in [0.15, 0.2) is 6.29 Å². The molecule has 0 spiro atoms. The number of carbonyl (C=O) groups excluding carboxylic acids is 2. The fourth-order valence-electron chi connectivity index (χ4n) is 1.36. The molecule has 0 heterocycles. The van der Waals surface area contributed by atoms with E-state index in [0.29, 0.717) is 6.29 Å². The van der Waals surface area contributed by atoms with Crippen LogP contribution in [0.5, 0.6) is 0 Å². The Hall–Kier alpha value is -1.79. The van der Waals surface area contributed by atoms with Crippen LogP contribution in [0.4, 0.5) is 4.39 Å². The van der Waals surface area contributed by atoms with Crippen molar-refractivity contribution in [1.82, 2.24) is 0 Å². The van der Waals surface area contributed by atoms with Crippen LogP contribution in [0, 0.1) is 5.82 Å². The van der Waals surface area contributed by atoms with Crippen LogP contribution in [0.2, 0.25) is 0 Å². The number of primary amides is 1. The van der Waals surface area contributed by atoms with Gasteiger partial charge < -0.3 is 15.9 Å². The lowest BCUT2D eigenvalue weighted by Gasteiger charge is -2.17. The molecule has 0 aromatic heterocycles. The second-order valence-corrected chi connectivity index (χ2v) is 3.58. The first kappa shape index (κ1) is 13.3. The molecule has 0 radical (unpaired) electrons.